The number of Topliss-reactive ketones (excluding diaryl/α,β-unsaturated/α-hetero) is 1. The molecular weight excluding hydrogens is 379 g/mol. The van der Waals surface area contributed by atoms with Gasteiger partial charge >= 0.3 is 12.1 Å². The van der Waals surface area contributed by atoms with E-state index in [0.717, 1.165) is 16.7 Å². The molecule has 0 saturated heterocycles. The first-order valence-electron chi connectivity index (χ1n) is 8.36. The quantitative estimate of drug-likeness (QED) is 0.805. The summed E-state index contributed by atoms with van der Waals surface area (Å²) in [4.78, 5) is 37.4. The number of ether oxygens (including phenoxy) is 1. The van der Waals surface area contributed by atoms with E-state index < -0.39 is 29.1 Å². The van der Waals surface area contributed by atoms with Crippen LogP contribution in [0.5, 0.6) is 5.75 Å². The number of hydrogen-bond donors (Lipinski definition) is 1. The fourth-order valence-electron chi connectivity index (χ4n) is 2.93. The van der Waals surface area contributed by atoms with Crippen molar-refractivity contribution in [3.63, 3.8) is 0 Å². The normalized spacial score (nSPS) is 14.9. The van der Waals surface area contributed by atoms with Gasteiger partial charge in [-0.05, 0) is 18.6 Å². The number of rotatable bonds is 4. The predicted octanol–water partition coefficient (Wildman–Crippen LogP) is 2.50. The standard InChI is InChI=1S/C18H16F3N3O4/c1-3-8-24-15-13(16(26)23(2)17(24)27)14(25)11(22-15)9-10-6-4-5-7-12(10)28-18(19,20)21/h4-7,9,22H,3,8H2,1-2H3/b11-9-. The van der Waals surface area contributed by atoms with Gasteiger partial charge in [0, 0.05) is 19.2 Å². The lowest BCUT2D eigenvalue weighted by molar-refractivity contribution is -0.274. The molecule has 0 saturated carbocycles. The van der Waals surface area contributed by atoms with E-state index in [-0.39, 0.29) is 29.2 Å². The number of halogens is 3. The first-order valence-corrected chi connectivity index (χ1v) is 8.36. The van der Waals surface area contributed by atoms with Gasteiger partial charge in [0.25, 0.3) is 5.56 Å². The number of ketones is 1. The molecule has 0 spiro atoms. The van der Waals surface area contributed by atoms with Crippen molar-refractivity contribution in [2.45, 2.75) is 26.3 Å². The summed E-state index contributed by atoms with van der Waals surface area (Å²) in [5, 5.41) is 2.71. The van der Waals surface area contributed by atoms with Crippen molar-refractivity contribution in [3.8, 4) is 5.75 Å². The van der Waals surface area contributed by atoms with E-state index in [2.05, 4.69) is 10.1 Å². The van der Waals surface area contributed by atoms with Gasteiger partial charge in [-0.25, -0.2) is 4.79 Å². The van der Waals surface area contributed by atoms with Gasteiger partial charge in [-0.2, -0.15) is 0 Å². The molecule has 0 aliphatic carbocycles. The number of anilines is 1. The molecule has 1 aromatic heterocycles. The van der Waals surface area contributed by atoms with Crippen LogP contribution in [-0.4, -0.2) is 21.3 Å². The third-order valence-electron chi connectivity index (χ3n) is 4.16. The molecule has 148 valence electrons. The van der Waals surface area contributed by atoms with Crippen LogP contribution in [-0.2, 0) is 13.6 Å². The van der Waals surface area contributed by atoms with Gasteiger partial charge in [-0.1, -0.05) is 25.1 Å². The van der Waals surface area contributed by atoms with Gasteiger partial charge in [-0.15, -0.1) is 13.2 Å². The largest absolute Gasteiger partial charge is 0.573 e. The molecule has 0 unspecified atom stereocenters. The molecule has 0 bridgehead atoms. The molecule has 7 nitrogen and oxygen atoms in total. The number of para-hydroxylation sites is 1. The number of alkyl halides is 3. The summed E-state index contributed by atoms with van der Waals surface area (Å²) >= 11 is 0. The van der Waals surface area contributed by atoms with Crippen molar-refractivity contribution in [2.24, 2.45) is 7.05 Å². The molecular formula is C18H16F3N3O4. The van der Waals surface area contributed by atoms with E-state index in [1.54, 1.807) is 0 Å². The summed E-state index contributed by atoms with van der Waals surface area (Å²) in [6.07, 6.45) is -3.17. The number of aromatic nitrogens is 2. The zero-order chi connectivity index (χ0) is 20.6. The lowest BCUT2D eigenvalue weighted by atomic mass is 10.1. The second-order valence-electron chi connectivity index (χ2n) is 6.12. The maximum absolute atomic E-state index is 12.7. The SMILES string of the molecule is CCCn1c2c(c(=O)n(C)c1=O)C(=O)/C(=C/c1ccccc1OC(F)(F)F)N2. The van der Waals surface area contributed by atoms with Crippen LogP contribution >= 0.6 is 0 Å². The predicted molar refractivity (Wildman–Crippen MR) is 95.3 cm³/mol. The molecule has 0 atom stereocenters. The van der Waals surface area contributed by atoms with Crippen LogP contribution in [0.2, 0.25) is 0 Å². The number of nitrogens with zero attached hydrogens (tertiary/aromatic N) is 2. The fourth-order valence-corrected chi connectivity index (χ4v) is 2.93. The topological polar surface area (TPSA) is 82.3 Å². The average Bonchev–Trinajstić information content (AvgIpc) is 2.94. The third-order valence-corrected chi connectivity index (χ3v) is 4.16. The summed E-state index contributed by atoms with van der Waals surface area (Å²) in [5.74, 6) is -1.16. The van der Waals surface area contributed by atoms with E-state index in [1.807, 2.05) is 6.92 Å². The van der Waals surface area contributed by atoms with Crippen LogP contribution in [0.15, 0.2) is 39.6 Å². The Morgan fingerprint density at radius 1 is 1.18 bits per heavy atom. The highest BCUT2D eigenvalue weighted by Gasteiger charge is 2.34. The monoisotopic (exact) mass is 395 g/mol. The first kappa shape index (κ1) is 19.5. The highest BCUT2D eigenvalue weighted by molar-refractivity contribution is 6.19. The molecule has 3 rings (SSSR count). The Hall–Kier alpha value is -3.30. The second-order valence-corrected chi connectivity index (χ2v) is 6.12. The van der Waals surface area contributed by atoms with E-state index >= 15 is 0 Å². The second kappa shape index (κ2) is 7.02. The molecule has 2 aromatic rings. The van der Waals surface area contributed by atoms with Crippen LogP contribution < -0.4 is 21.3 Å². The molecule has 10 heteroatoms. The maximum Gasteiger partial charge on any atom is 0.573 e. The van der Waals surface area contributed by atoms with Crippen LogP contribution in [0.25, 0.3) is 6.08 Å². The Kier molecular flexibility index (Phi) is 4.88. The third kappa shape index (κ3) is 3.45. The van der Waals surface area contributed by atoms with Crippen LogP contribution in [0.4, 0.5) is 19.0 Å². The lowest BCUT2D eigenvalue weighted by Crippen LogP contribution is -2.40. The molecule has 1 aromatic carbocycles. The summed E-state index contributed by atoms with van der Waals surface area (Å²) in [6, 6.07) is 5.28. The number of carbonyl (C=O) groups excluding carboxylic acids is 1. The molecule has 0 amide bonds. The summed E-state index contributed by atoms with van der Waals surface area (Å²) < 4.78 is 43.9. The molecule has 28 heavy (non-hydrogen) atoms. The van der Waals surface area contributed by atoms with Gasteiger partial charge in [0.15, 0.2) is 0 Å². The number of hydrogen-bond acceptors (Lipinski definition) is 5. The van der Waals surface area contributed by atoms with Crippen LogP contribution in [0.1, 0.15) is 29.3 Å². The molecule has 2 heterocycles. The molecule has 0 fully saturated rings. The highest BCUT2D eigenvalue weighted by Crippen LogP contribution is 2.31. The summed E-state index contributed by atoms with van der Waals surface area (Å²) in [5.41, 5.74) is -1.72. The van der Waals surface area contributed by atoms with Crippen molar-refractivity contribution >= 4 is 17.7 Å². The molecule has 1 aliphatic rings. The van der Waals surface area contributed by atoms with Crippen molar-refractivity contribution in [1.29, 1.82) is 0 Å². The van der Waals surface area contributed by atoms with Gasteiger partial charge in [0.1, 0.15) is 17.1 Å². The number of carbonyl (C=O) groups is 1. The van der Waals surface area contributed by atoms with E-state index in [4.69, 9.17) is 0 Å². The van der Waals surface area contributed by atoms with E-state index in [0.29, 0.717) is 6.42 Å². The Morgan fingerprint density at radius 3 is 2.50 bits per heavy atom. The summed E-state index contributed by atoms with van der Waals surface area (Å²) in [7, 11) is 1.26. The Labute approximate surface area is 156 Å². The van der Waals surface area contributed by atoms with Crippen LogP contribution in [0.3, 0.4) is 0 Å². The number of benzene rings is 1. The molecule has 1 N–H and O–H groups in total. The van der Waals surface area contributed by atoms with Crippen molar-refractivity contribution in [1.82, 2.24) is 9.13 Å². The van der Waals surface area contributed by atoms with Gasteiger partial charge in [0.05, 0.1) is 5.70 Å². The maximum atomic E-state index is 12.7. The number of allylic oxidation sites excluding steroid dienone is 1. The van der Waals surface area contributed by atoms with Gasteiger partial charge in [0.2, 0.25) is 5.78 Å². The summed E-state index contributed by atoms with van der Waals surface area (Å²) in [6.45, 7) is 2.08. The minimum absolute atomic E-state index is 0.00954. The number of fused-ring (bicyclic) bond motifs is 1. The van der Waals surface area contributed by atoms with E-state index in [1.165, 1.54) is 29.8 Å². The fraction of sp³-hybridized carbons (Fsp3) is 0.278. The van der Waals surface area contributed by atoms with E-state index in [9.17, 15) is 27.6 Å². The zero-order valence-corrected chi connectivity index (χ0v) is 15.0. The van der Waals surface area contributed by atoms with Crippen LogP contribution in [0, 0.1) is 0 Å². The van der Waals surface area contributed by atoms with Gasteiger partial charge < -0.3 is 10.1 Å². The molecule has 1 aliphatic heterocycles. The molecule has 0 radical (unpaired) electrons. The Morgan fingerprint density at radius 2 is 1.86 bits per heavy atom. The number of nitrogens with one attached hydrogen (secondary N) is 1. The minimum atomic E-state index is -4.90. The average molecular weight is 395 g/mol. The Balaban J connectivity index is 2.12. The Bertz CT molecular complexity index is 1100. The zero-order valence-electron chi connectivity index (χ0n) is 15.0. The van der Waals surface area contributed by atoms with Crippen molar-refractivity contribution in [3.05, 3.63) is 61.9 Å². The van der Waals surface area contributed by atoms with Gasteiger partial charge in [-0.3, -0.25) is 18.7 Å². The van der Waals surface area contributed by atoms with Crippen molar-refractivity contribution in [2.75, 3.05) is 5.32 Å². The first-order chi connectivity index (χ1) is 13.1. The lowest BCUT2D eigenvalue weighted by Gasteiger charge is -2.12. The highest BCUT2D eigenvalue weighted by atomic mass is 19.4. The minimum Gasteiger partial charge on any atom is -0.405 e. The van der Waals surface area contributed by atoms with Crippen molar-refractivity contribution < 1.29 is 22.7 Å². The smallest absolute Gasteiger partial charge is 0.405 e.